The average Bonchev–Trinajstić information content (AvgIpc) is 2.91. The molecule has 2 aromatic rings. The number of fused-ring (bicyclic) bond motifs is 1. The second-order valence-electron chi connectivity index (χ2n) is 5.16. The summed E-state index contributed by atoms with van der Waals surface area (Å²) in [5.74, 6) is 0.986. The third-order valence-electron chi connectivity index (χ3n) is 3.74. The molecule has 3 heteroatoms. The lowest BCUT2D eigenvalue weighted by molar-refractivity contribution is 0.412. The SMILES string of the molecule is COc1c(CC2(N)CC2)ccc2c1ccn2C. The van der Waals surface area contributed by atoms with Crippen LogP contribution >= 0.6 is 0 Å². The minimum atomic E-state index is 0.0235. The van der Waals surface area contributed by atoms with Crippen molar-refractivity contribution in [2.24, 2.45) is 12.8 Å². The Balaban J connectivity index is 2.11. The van der Waals surface area contributed by atoms with Crippen LogP contribution in [0.4, 0.5) is 0 Å². The molecule has 1 fully saturated rings. The Hall–Kier alpha value is -1.48. The number of rotatable bonds is 3. The molecule has 0 saturated heterocycles. The van der Waals surface area contributed by atoms with Gasteiger partial charge in [-0.2, -0.15) is 0 Å². The van der Waals surface area contributed by atoms with Crippen molar-refractivity contribution in [3.8, 4) is 5.75 Å². The molecular weight excluding hydrogens is 212 g/mol. The van der Waals surface area contributed by atoms with E-state index in [2.05, 4.69) is 29.0 Å². The number of hydrogen-bond donors (Lipinski definition) is 1. The number of nitrogens with two attached hydrogens (primary N) is 1. The van der Waals surface area contributed by atoms with Crippen molar-refractivity contribution in [3.63, 3.8) is 0 Å². The zero-order valence-electron chi connectivity index (χ0n) is 10.4. The molecule has 1 aromatic heterocycles. The molecule has 90 valence electrons. The van der Waals surface area contributed by atoms with Crippen LogP contribution in [0.5, 0.6) is 5.75 Å². The topological polar surface area (TPSA) is 40.2 Å². The standard InChI is InChI=1S/C14H18N2O/c1-16-8-5-11-12(16)4-3-10(13(11)17-2)9-14(15)6-7-14/h3-5,8H,6-7,9,15H2,1-2H3. The summed E-state index contributed by atoms with van der Waals surface area (Å²) in [7, 11) is 3.79. The molecule has 3 rings (SSSR count). The summed E-state index contributed by atoms with van der Waals surface area (Å²) in [6, 6.07) is 6.40. The summed E-state index contributed by atoms with van der Waals surface area (Å²) in [5.41, 5.74) is 8.64. The smallest absolute Gasteiger partial charge is 0.131 e. The first-order valence-corrected chi connectivity index (χ1v) is 6.03. The molecular formula is C14H18N2O. The van der Waals surface area contributed by atoms with Gasteiger partial charge < -0.3 is 15.0 Å². The van der Waals surface area contributed by atoms with Crippen molar-refractivity contribution in [1.82, 2.24) is 4.57 Å². The summed E-state index contributed by atoms with van der Waals surface area (Å²) in [4.78, 5) is 0. The Kier molecular flexibility index (Phi) is 2.20. The molecule has 0 amide bonds. The molecule has 1 aliphatic rings. The molecule has 1 heterocycles. The Morgan fingerprint density at radius 3 is 2.76 bits per heavy atom. The van der Waals surface area contributed by atoms with E-state index in [9.17, 15) is 0 Å². The second kappa shape index (κ2) is 3.50. The maximum atomic E-state index is 6.19. The fourth-order valence-electron chi connectivity index (χ4n) is 2.47. The molecule has 0 atom stereocenters. The molecule has 1 aromatic carbocycles. The molecule has 0 aliphatic heterocycles. The Morgan fingerprint density at radius 2 is 2.12 bits per heavy atom. The highest BCUT2D eigenvalue weighted by molar-refractivity contribution is 5.88. The molecule has 3 nitrogen and oxygen atoms in total. The average molecular weight is 230 g/mol. The van der Waals surface area contributed by atoms with Gasteiger partial charge in [0.25, 0.3) is 0 Å². The van der Waals surface area contributed by atoms with Gasteiger partial charge in [-0.25, -0.2) is 0 Å². The van der Waals surface area contributed by atoms with Crippen molar-refractivity contribution in [2.45, 2.75) is 24.8 Å². The third-order valence-corrected chi connectivity index (χ3v) is 3.74. The second-order valence-corrected chi connectivity index (χ2v) is 5.16. The molecule has 1 aliphatic carbocycles. The van der Waals surface area contributed by atoms with Crippen LogP contribution in [0.1, 0.15) is 18.4 Å². The van der Waals surface area contributed by atoms with E-state index in [4.69, 9.17) is 10.5 Å². The lowest BCUT2D eigenvalue weighted by Crippen LogP contribution is -2.24. The number of aryl methyl sites for hydroxylation is 1. The van der Waals surface area contributed by atoms with Gasteiger partial charge in [0.2, 0.25) is 0 Å². The minimum Gasteiger partial charge on any atom is -0.496 e. The van der Waals surface area contributed by atoms with Crippen molar-refractivity contribution in [3.05, 3.63) is 30.0 Å². The molecule has 0 spiro atoms. The van der Waals surface area contributed by atoms with Crippen molar-refractivity contribution in [1.29, 1.82) is 0 Å². The fourth-order valence-corrected chi connectivity index (χ4v) is 2.47. The maximum Gasteiger partial charge on any atom is 0.131 e. The van der Waals surface area contributed by atoms with E-state index in [1.54, 1.807) is 7.11 Å². The van der Waals surface area contributed by atoms with Gasteiger partial charge in [-0.05, 0) is 37.0 Å². The van der Waals surface area contributed by atoms with Gasteiger partial charge in [-0.1, -0.05) is 6.07 Å². The number of hydrogen-bond acceptors (Lipinski definition) is 2. The van der Waals surface area contributed by atoms with Crippen LogP contribution in [0, 0.1) is 0 Å². The van der Waals surface area contributed by atoms with Crippen LogP contribution in [0.3, 0.4) is 0 Å². The third kappa shape index (κ3) is 1.71. The van der Waals surface area contributed by atoms with Crippen LogP contribution in [-0.4, -0.2) is 17.2 Å². The van der Waals surface area contributed by atoms with E-state index in [0.717, 1.165) is 25.0 Å². The summed E-state index contributed by atoms with van der Waals surface area (Å²) < 4.78 is 7.68. The summed E-state index contributed by atoms with van der Waals surface area (Å²) in [6.45, 7) is 0. The zero-order chi connectivity index (χ0) is 12.0. The Bertz CT molecular complexity index is 567. The van der Waals surface area contributed by atoms with Crippen molar-refractivity contribution < 1.29 is 4.74 Å². The van der Waals surface area contributed by atoms with E-state index < -0.39 is 0 Å². The van der Waals surface area contributed by atoms with E-state index in [1.807, 2.05) is 7.05 Å². The summed E-state index contributed by atoms with van der Waals surface area (Å²) in [5, 5.41) is 1.18. The highest BCUT2D eigenvalue weighted by Crippen LogP contribution is 2.39. The van der Waals surface area contributed by atoms with Crippen LogP contribution in [0.25, 0.3) is 10.9 Å². The van der Waals surface area contributed by atoms with E-state index in [0.29, 0.717) is 0 Å². The summed E-state index contributed by atoms with van der Waals surface area (Å²) in [6.07, 6.45) is 5.24. The first kappa shape index (κ1) is 10.7. The number of benzene rings is 1. The molecule has 1 saturated carbocycles. The number of ether oxygens (including phenoxy) is 1. The monoisotopic (exact) mass is 230 g/mol. The number of aromatic nitrogens is 1. The first-order chi connectivity index (χ1) is 8.13. The lowest BCUT2D eigenvalue weighted by atomic mass is 10.0. The van der Waals surface area contributed by atoms with Gasteiger partial charge in [0.15, 0.2) is 0 Å². The first-order valence-electron chi connectivity index (χ1n) is 6.03. The summed E-state index contributed by atoms with van der Waals surface area (Å²) >= 11 is 0. The minimum absolute atomic E-state index is 0.0235. The predicted octanol–water partition coefficient (Wildman–Crippen LogP) is 2.22. The Labute approximate surface area is 101 Å². The van der Waals surface area contributed by atoms with Gasteiger partial charge in [-0.3, -0.25) is 0 Å². The molecule has 0 radical (unpaired) electrons. The van der Waals surface area contributed by atoms with Crippen LogP contribution < -0.4 is 10.5 Å². The van der Waals surface area contributed by atoms with Crippen molar-refractivity contribution >= 4 is 10.9 Å². The number of nitrogens with zero attached hydrogens (tertiary/aromatic N) is 1. The van der Waals surface area contributed by atoms with Crippen LogP contribution in [0.15, 0.2) is 24.4 Å². The lowest BCUT2D eigenvalue weighted by Gasteiger charge is -2.14. The quantitative estimate of drug-likeness (QED) is 0.878. The largest absolute Gasteiger partial charge is 0.496 e. The van der Waals surface area contributed by atoms with E-state index in [1.165, 1.54) is 16.5 Å². The highest BCUT2D eigenvalue weighted by atomic mass is 16.5. The van der Waals surface area contributed by atoms with Gasteiger partial charge >= 0.3 is 0 Å². The fraction of sp³-hybridized carbons (Fsp3) is 0.429. The maximum absolute atomic E-state index is 6.19. The molecule has 2 N–H and O–H groups in total. The van der Waals surface area contributed by atoms with Gasteiger partial charge in [0.1, 0.15) is 5.75 Å². The van der Waals surface area contributed by atoms with Crippen molar-refractivity contribution in [2.75, 3.05) is 7.11 Å². The van der Waals surface area contributed by atoms with E-state index >= 15 is 0 Å². The number of methoxy groups -OCH3 is 1. The van der Waals surface area contributed by atoms with Gasteiger partial charge in [0.05, 0.1) is 12.6 Å². The van der Waals surface area contributed by atoms with Gasteiger partial charge in [0, 0.05) is 24.2 Å². The molecule has 0 unspecified atom stereocenters. The van der Waals surface area contributed by atoms with Gasteiger partial charge in [-0.15, -0.1) is 0 Å². The van der Waals surface area contributed by atoms with E-state index in [-0.39, 0.29) is 5.54 Å². The highest BCUT2D eigenvalue weighted by Gasteiger charge is 2.38. The molecule has 17 heavy (non-hydrogen) atoms. The Morgan fingerprint density at radius 1 is 1.35 bits per heavy atom. The zero-order valence-corrected chi connectivity index (χ0v) is 10.4. The van der Waals surface area contributed by atoms with Crippen LogP contribution in [0.2, 0.25) is 0 Å². The molecule has 0 bridgehead atoms. The van der Waals surface area contributed by atoms with Crippen LogP contribution in [-0.2, 0) is 13.5 Å². The normalized spacial score (nSPS) is 17.4. The predicted molar refractivity (Wildman–Crippen MR) is 69.3 cm³/mol.